The third kappa shape index (κ3) is 3.91. The lowest BCUT2D eigenvalue weighted by atomic mass is 10.0. The summed E-state index contributed by atoms with van der Waals surface area (Å²) in [6.45, 7) is 5.23. The van der Waals surface area contributed by atoms with Crippen LogP contribution in [-0.2, 0) is 4.79 Å². The van der Waals surface area contributed by atoms with Gasteiger partial charge in [0.25, 0.3) is 11.6 Å². The van der Waals surface area contributed by atoms with Gasteiger partial charge >= 0.3 is 0 Å². The van der Waals surface area contributed by atoms with Crippen LogP contribution in [0.3, 0.4) is 0 Å². The van der Waals surface area contributed by atoms with Crippen LogP contribution < -0.4 is 10.6 Å². The molecular formula is C23H20N4O3. The van der Waals surface area contributed by atoms with Crippen molar-refractivity contribution in [3.8, 4) is 11.3 Å². The Kier molecular flexibility index (Phi) is 5.02. The SMILES string of the molecule is CC(=O)Nc1ccc(NC(=O)c2cc(-c3ccc(C)cc3)nc3onc(C)c23)cc1. The number of carbonyl (C=O) groups is 2. The predicted molar refractivity (Wildman–Crippen MR) is 115 cm³/mol. The average molecular weight is 400 g/mol. The van der Waals surface area contributed by atoms with E-state index < -0.39 is 0 Å². The predicted octanol–water partition coefficient (Wildman–Crippen LogP) is 4.72. The van der Waals surface area contributed by atoms with E-state index in [1.165, 1.54) is 6.92 Å². The number of hydrogen-bond donors (Lipinski definition) is 2. The number of carbonyl (C=O) groups excluding carboxylic acids is 2. The summed E-state index contributed by atoms with van der Waals surface area (Å²) in [5.74, 6) is -0.452. The minimum atomic E-state index is -0.297. The van der Waals surface area contributed by atoms with Crippen molar-refractivity contribution >= 4 is 34.3 Å². The van der Waals surface area contributed by atoms with Crippen LogP contribution in [0.15, 0.2) is 59.1 Å². The van der Waals surface area contributed by atoms with Crippen molar-refractivity contribution in [3.63, 3.8) is 0 Å². The minimum absolute atomic E-state index is 0.155. The summed E-state index contributed by atoms with van der Waals surface area (Å²) in [6.07, 6.45) is 0. The largest absolute Gasteiger partial charge is 0.335 e. The van der Waals surface area contributed by atoms with Crippen molar-refractivity contribution in [3.05, 3.63) is 71.4 Å². The van der Waals surface area contributed by atoms with E-state index >= 15 is 0 Å². The highest BCUT2D eigenvalue weighted by Crippen LogP contribution is 2.28. The molecule has 2 amide bonds. The number of aromatic nitrogens is 2. The highest BCUT2D eigenvalue weighted by molar-refractivity contribution is 6.13. The quantitative estimate of drug-likeness (QED) is 0.517. The number of amides is 2. The molecule has 0 atom stereocenters. The van der Waals surface area contributed by atoms with Crippen molar-refractivity contribution in [2.24, 2.45) is 0 Å². The Labute approximate surface area is 173 Å². The van der Waals surface area contributed by atoms with Gasteiger partial charge in [-0.05, 0) is 44.2 Å². The molecule has 30 heavy (non-hydrogen) atoms. The van der Waals surface area contributed by atoms with E-state index in [4.69, 9.17) is 4.52 Å². The standard InChI is InChI=1S/C23H20N4O3/c1-13-4-6-16(7-5-13)20-12-19(21-14(2)27-30-23(21)26-20)22(29)25-18-10-8-17(9-11-18)24-15(3)28/h4-12H,1-3H3,(H,24,28)(H,25,29). The number of aryl methyl sites for hydroxylation is 2. The molecule has 4 rings (SSSR count). The molecule has 0 radical (unpaired) electrons. The van der Waals surface area contributed by atoms with Crippen LogP contribution in [0.1, 0.15) is 28.5 Å². The summed E-state index contributed by atoms with van der Waals surface area (Å²) in [4.78, 5) is 28.8. The number of fused-ring (bicyclic) bond motifs is 1. The molecule has 0 saturated heterocycles. The topological polar surface area (TPSA) is 97.1 Å². The number of rotatable bonds is 4. The maximum absolute atomic E-state index is 13.1. The van der Waals surface area contributed by atoms with E-state index in [-0.39, 0.29) is 11.8 Å². The van der Waals surface area contributed by atoms with E-state index in [9.17, 15) is 9.59 Å². The van der Waals surface area contributed by atoms with Crippen LogP contribution in [0, 0.1) is 13.8 Å². The van der Waals surface area contributed by atoms with Crippen molar-refractivity contribution in [1.29, 1.82) is 0 Å². The molecular weight excluding hydrogens is 380 g/mol. The molecule has 0 spiro atoms. The van der Waals surface area contributed by atoms with Gasteiger partial charge in [0.2, 0.25) is 5.91 Å². The molecule has 0 aliphatic rings. The van der Waals surface area contributed by atoms with Gasteiger partial charge in [-0.3, -0.25) is 9.59 Å². The molecule has 0 aliphatic carbocycles. The Morgan fingerprint density at radius 3 is 2.17 bits per heavy atom. The highest BCUT2D eigenvalue weighted by Gasteiger charge is 2.19. The second kappa shape index (κ2) is 7.79. The molecule has 2 N–H and O–H groups in total. The maximum Gasteiger partial charge on any atom is 0.259 e. The lowest BCUT2D eigenvalue weighted by Gasteiger charge is -2.09. The van der Waals surface area contributed by atoms with Crippen molar-refractivity contribution in [2.45, 2.75) is 20.8 Å². The van der Waals surface area contributed by atoms with Crippen LogP contribution in [0.2, 0.25) is 0 Å². The van der Waals surface area contributed by atoms with Gasteiger partial charge in [0, 0.05) is 23.9 Å². The summed E-state index contributed by atoms with van der Waals surface area (Å²) in [6, 6.07) is 16.5. The van der Waals surface area contributed by atoms with E-state index in [0.29, 0.717) is 39.4 Å². The summed E-state index contributed by atoms with van der Waals surface area (Å²) in [5.41, 5.74) is 5.25. The molecule has 0 saturated carbocycles. The van der Waals surface area contributed by atoms with Crippen LogP contribution >= 0.6 is 0 Å². The molecule has 4 aromatic rings. The van der Waals surface area contributed by atoms with Crippen molar-refractivity contribution < 1.29 is 14.1 Å². The Hall–Kier alpha value is -4.00. The number of anilines is 2. The van der Waals surface area contributed by atoms with E-state index in [1.54, 1.807) is 37.3 Å². The molecule has 2 aromatic heterocycles. The van der Waals surface area contributed by atoms with Gasteiger partial charge in [-0.1, -0.05) is 35.0 Å². The molecule has 2 aromatic carbocycles. The second-order valence-corrected chi connectivity index (χ2v) is 7.08. The molecule has 2 heterocycles. The molecule has 0 aliphatic heterocycles. The normalized spacial score (nSPS) is 10.8. The van der Waals surface area contributed by atoms with Gasteiger partial charge in [0.15, 0.2) is 0 Å². The highest BCUT2D eigenvalue weighted by atomic mass is 16.5. The zero-order valence-corrected chi connectivity index (χ0v) is 16.8. The van der Waals surface area contributed by atoms with Crippen LogP contribution in [0.5, 0.6) is 0 Å². The Balaban J connectivity index is 1.69. The molecule has 0 bridgehead atoms. The fourth-order valence-electron chi connectivity index (χ4n) is 3.18. The van der Waals surface area contributed by atoms with Gasteiger partial charge in [0.1, 0.15) is 0 Å². The van der Waals surface area contributed by atoms with Crippen molar-refractivity contribution in [2.75, 3.05) is 10.6 Å². The fourth-order valence-corrected chi connectivity index (χ4v) is 3.18. The summed E-state index contributed by atoms with van der Waals surface area (Å²) >= 11 is 0. The Morgan fingerprint density at radius 1 is 0.900 bits per heavy atom. The van der Waals surface area contributed by atoms with Gasteiger partial charge < -0.3 is 15.2 Å². The summed E-state index contributed by atoms with van der Waals surface area (Å²) in [7, 11) is 0. The second-order valence-electron chi connectivity index (χ2n) is 7.08. The van der Waals surface area contributed by atoms with E-state index in [0.717, 1.165) is 11.1 Å². The van der Waals surface area contributed by atoms with Crippen LogP contribution in [-0.4, -0.2) is 22.0 Å². The minimum Gasteiger partial charge on any atom is -0.335 e. The molecule has 0 fully saturated rings. The third-order valence-electron chi connectivity index (χ3n) is 4.67. The first-order valence-electron chi connectivity index (χ1n) is 9.44. The Bertz CT molecular complexity index is 1240. The van der Waals surface area contributed by atoms with E-state index in [1.807, 2.05) is 31.2 Å². The first-order valence-corrected chi connectivity index (χ1v) is 9.44. The summed E-state index contributed by atoms with van der Waals surface area (Å²) in [5, 5.41) is 10.1. The average Bonchev–Trinajstić information content (AvgIpc) is 3.10. The monoisotopic (exact) mass is 400 g/mol. The van der Waals surface area contributed by atoms with Crippen molar-refractivity contribution in [1.82, 2.24) is 10.1 Å². The van der Waals surface area contributed by atoms with Gasteiger partial charge in [-0.15, -0.1) is 0 Å². The van der Waals surface area contributed by atoms with E-state index in [2.05, 4.69) is 20.8 Å². The number of hydrogen-bond acceptors (Lipinski definition) is 5. The zero-order chi connectivity index (χ0) is 21.3. The number of benzene rings is 2. The summed E-state index contributed by atoms with van der Waals surface area (Å²) < 4.78 is 5.35. The first-order chi connectivity index (χ1) is 14.4. The number of nitrogens with zero attached hydrogens (tertiary/aromatic N) is 2. The molecule has 7 nitrogen and oxygen atoms in total. The molecule has 7 heteroatoms. The lowest BCUT2D eigenvalue weighted by molar-refractivity contribution is -0.114. The third-order valence-corrected chi connectivity index (χ3v) is 4.67. The molecule has 150 valence electrons. The van der Waals surface area contributed by atoms with Gasteiger partial charge in [-0.25, -0.2) is 4.98 Å². The number of pyridine rings is 1. The lowest BCUT2D eigenvalue weighted by Crippen LogP contribution is -2.13. The maximum atomic E-state index is 13.1. The zero-order valence-electron chi connectivity index (χ0n) is 16.8. The van der Waals surface area contributed by atoms with Gasteiger partial charge in [0.05, 0.1) is 22.3 Å². The number of nitrogens with one attached hydrogen (secondary N) is 2. The van der Waals surface area contributed by atoms with Crippen LogP contribution in [0.4, 0.5) is 11.4 Å². The fraction of sp³-hybridized carbons (Fsp3) is 0.130. The smallest absolute Gasteiger partial charge is 0.259 e. The van der Waals surface area contributed by atoms with Crippen LogP contribution in [0.25, 0.3) is 22.4 Å². The Morgan fingerprint density at radius 2 is 1.53 bits per heavy atom. The molecule has 0 unspecified atom stereocenters. The first kappa shape index (κ1) is 19.3. The van der Waals surface area contributed by atoms with Gasteiger partial charge in [-0.2, -0.15) is 0 Å².